The molecule has 1 fully saturated rings. The van der Waals surface area contributed by atoms with E-state index in [4.69, 9.17) is 5.11 Å². The van der Waals surface area contributed by atoms with Gasteiger partial charge in [0, 0.05) is 27.2 Å². The molecule has 0 unspecified atom stereocenters. The number of anilines is 1. The summed E-state index contributed by atoms with van der Waals surface area (Å²) in [6.07, 6.45) is 0. The maximum Gasteiger partial charge on any atom is 0.308 e. The topological polar surface area (TPSA) is 73.7 Å². The van der Waals surface area contributed by atoms with Gasteiger partial charge in [0.15, 0.2) is 5.13 Å². The molecular formula is C14H17N3O3S2. The Kier molecular flexibility index (Phi) is 3.82. The summed E-state index contributed by atoms with van der Waals surface area (Å²) in [5, 5.41) is 10.1. The molecule has 0 aliphatic carbocycles. The van der Waals surface area contributed by atoms with E-state index in [9.17, 15) is 9.59 Å². The van der Waals surface area contributed by atoms with Gasteiger partial charge in [0.2, 0.25) is 0 Å². The lowest BCUT2D eigenvalue weighted by atomic mass is 9.99. The summed E-state index contributed by atoms with van der Waals surface area (Å²) in [5.74, 6) is -1.39. The van der Waals surface area contributed by atoms with E-state index in [-0.39, 0.29) is 18.4 Å². The zero-order chi connectivity index (χ0) is 16.0. The summed E-state index contributed by atoms with van der Waals surface area (Å²) in [6, 6.07) is 1.87. The van der Waals surface area contributed by atoms with Crippen LogP contribution in [-0.4, -0.2) is 54.1 Å². The Bertz CT molecular complexity index is 705. The number of aliphatic carboxylic acids is 1. The highest BCUT2D eigenvalue weighted by molar-refractivity contribution is 7.29. The second-order valence-corrected chi connectivity index (χ2v) is 7.84. The van der Waals surface area contributed by atoms with Crippen molar-refractivity contribution in [2.45, 2.75) is 6.92 Å². The molecule has 0 spiro atoms. The van der Waals surface area contributed by atoms with Crippen molar-refractivity contribution in [3.8, 4) is 0 Å². The van der Waals surface area contributed by atoms with Crippen molar-refractivity contribution in [1.82, 2.24) is 9.88 Å². The van der Waals surface area contributed by atoms with Crippen molar-refractivity contribution in [2.24, 2.45) is 11.8 Å². The molecule has 1 saturated heterocycles. The number of hydrogen-bond donors (Lipinski definition) is 1. The zero-order valence-corrected chi connectivity index (χ0v) is 14.2. The van der Waals surface area contributed by atoms with Crippen LogP contribution in [0.3, 0.4) is 0 Å². The van der Waals surface area contributed by atoms with Crippen LogP contribution in [0, 0.1) is 11.8 Å². The fourth-order valence-electron chi connectivity index (χ4n) is 2.63. The Morgan fingerprint density at radius 1 is 1.36 bits per heavy atom. The number of amides is 1. The fraction of sp³-hybridized carbons (Fsp3) is 0.500. The molecule has 0 saturated carbocycles. The first kappa shape index (κ1) is 15.2. The molecule has 6 nitrogen and oxygen atoms in total. The van der Waals surface area contributed by atoms with Crippen molar-refractivity contribution in [3.05, 3.63) is 10.9 Å². The number of thiophene rings is 1. The van der Waals surface area contributed by atoms with E-state index in [0.717, 1.165) is 14.7 Å². The fourth-order valence-corrected chi connectivity index (χ4v) is 4.73. The van der Waals surface area contributed by atoms with Crippen LogP contribution in [0.4, 0.5) is 5.13 Å². The minimum Gasteiger partial charge on any atom is -0.481 e. The van der Waals surface area contributed by atoms with Gasteiger partial charge in [0.1, 0.15) is 4.83 Å². The predicted molar refractivity (Wildman–Crippen MR) is 88.0 cm³/mol. The van der Waals surface area contributed by atoms with Crippen LogP contribution in [-0.2, 0) is 4.79 Å². The first-order chi connectivity index (χ1) is 10.4. The molecule has 8 heteroatoms. The molecule has 2 aromatic rings. The predicted octanol–water partition coefficient (Wildman–Crippen LogP) is 2.22. The molecule has 2 aromatic heterocycles. The molecule has 22 heavy (non-hydrogen) atoms. The first-order valence-electron chi connectivity index (χ1n) is 6.96. The van der Waals surface area contributed by atoms with Gasteiger partial charge in [-0.05, 0) is 12.0 Å². The summed E-state index contributed by atoms with van der Waals surface area (Å²) < 4.78 is 0.999. The third kappa shape index (κ3) is 2.56. The van der Waals surface area contributed by atoms with Crippen molar-refractivity contribution >= 4 is 49.2 Å². The van der Waals surface area contributed by atoms with Gasteiger partial charge in [0.25, 0.3) is 5.91 Å². The van der Waals surface area contributed by atoms with Crippen molar-refractivity contribution in [2.75, 3.05) is 32.1 Å². The average Bonchev–Trinajstić information content (AvgIpc) is 3.08. The van der Waals surface area contributed by atoms with Gasteiger partial charge in [-0.15, -0.1) is 11.3 Å². The van der Waals surface area contributed by atoms with E-state index in [1.165, 1.54) is 11.3 Å². The minimum atomic E-state index is -0.827. The molecule has 1 amide bonds. The van der Waals surface area contributed by atoms with E-state index in [1.54, 1.807) is 16.2 Å². The molecule has 0 radical (unpaired) electrons. The van der Waals surface area contributed by atoms with Gasteiger partial charge in [0.05, 0.1) is 15.5 Å². The Morgan fingerprint density at radius 2 is 2.09 bits per heavy atom. The van der Waals surface area contributed by atoms with Crippen molar-refractivity contribution in [1.29, 1.82) is 0 Å². The number of hydrogen-bond acceptors (Lipinski definition) is 6. The van der Waals surface area contributed by atoms with Gasteiger partial charge in [-0.2, -0.15) is 0 Å². The van der Waals surface area contributed by atoms with Crippen LogP contribution < -0.4 is 4.90 Å². The summed E-state index contributed by atoms with van der Waals surface area (Å²) in [5.41, 5.74) is 0. The highest BCUT2D eigenvalue weighted by atomic mass is 32.1. The van der Waals surface area contributed by atoms with Crippen LogP contribution in [0.5, 0.6) is 0 Å². The van der Waals surface area contributed by atoms with E-state index < -0.39 is 11.9 Å². The molecule has 3 heterocycles. The zero-order valence-electron chi connectivity index (χ0n) is 12.6. The summed E-state index contributed by atoms with van der Waals surface area (Å²) in [4.78, 5) is 33.3. The highest BCUT2D eigenvalue weighted by Gasteiger charge is 2.37. The number of rotatable bonds is 3. The van der Waals surface area contributed by atoms with Gasteiger partial charge < -0.3 is 14.9 Å². The van der Waals surface area contributed by atoms with Crippen LogP contribution in [0.25, 0.3) is 9.53 Å². The Hall–Kier alpha value is -1.67. The number of likely N-dealkylation sites (tertiary alicyclic amines) is 1. The maximum absolute atomic E-state index is 12.6. The number of carboxylic acid groups (broad SMARTS) is 1. The Morgan fingerprint density at radius 3 is 2.64 bits per heavy atom. The number of fused-ring (bicyclic) bond motifs is 1. The second kappa shape index (κ2) is 5.51. The van der Waals surface area contributed by atoms with Crippen LogP contribution in [0.2, 0.25) is 0 Å². The number of thiazole rings is 1. The molecule has 2 atom stereocenters. The lowest BCUT2D eigenvalue weighted by Crippen LogP contribution is -2.29. The third-order valence-electron chi connectivity index (χ3n) is 3.89. The third-order valence-corrected chi connectivity index (χ3v) is 6.20. The van der Waals surface area contributed by atoms with E-state index in [2.05, 4.69) is 4.98 Å². The van der Waals surface area contributed by atoms with Gasteiger partial charge in [-0.3, -0.25) is 9.59 Å². The maximum atomic E-state index is 12.6. The lowest BCUT2D eigenvalue weighted by Gasteiger charge is -2.14. The molecule has 118 valence electrons. The van der Waals surface area contributed by atoms with E-state index >= 15 is 0 Å². The molecule has 0 bridgehead atoms. The van der Waals surface area contributed by atoms with Crippen molar-refractivity contribution in [3.63, 3.8) is 0 Å². The van der Waals surface area contributed by atoms with Crippen molar-refractivity contribution < 1.29 is 14.7 Å². The number of carboxylic acids is 1. The molecule has 3 rings (SSSR count). The normalized spacial score (nSPS) is 21.5. The summed E-state index contributed by atoms with van der Waals surface area (Å²) in [7, 11) is 3.87. The quantitative estimate of drug-likeness (QED) is 0.928. The number of carbonyl (C=O) groups is 2. The average molecular weight is 339 g/mol. The monoisotopic (exact) mass is 339 g/mol. The SMILES string of the molecule is C[C@@H]1CN(C(=O)c2cc3sc(N(C)C)nc3s2)C[C@H]1C(=O)O. The molecule has 0 aromatic carbocycles. The smallest absolute Gasteiger partial charge is 0.308 e. The lowest BCUT2D eigenvalue weighted by molar-refractivity contribution is -0.142. The highest BCUT2D eigenvalue weighted by Crippen LogP contribution is 2.35. The van der Waals surface area contributed by atoms with E-state index in [0.29, 0.717) is 11.4 Å². The molecule has 1 N–H and O–H groups in total. The first-order valence-corrected chi connectivity index (χ1v) is 8.60. The summed E-state index contributed by atoms with van der Waals surface area (Å²) >= 11 is 2.93. The van der Waals surface area contributed by atoms with Gasteiger partial charge in [-0.1, -0.05) is 18.3 Å². The van der Waals surface area contributed by atoms with Crippen LogP contribution in [0.15, 0.2) is 6.07 Å². The molecule has 1 aliphatic rings. The van der Waals surface area contributed by atoms with Gasteiger partial charge in [-0.25, -0.2) is 4.98 Å². The van der Waals surface area contributed by atoms with Gasteiger partial charge >= 0.3 is 5.97 Å². The Balaban J connectivity index is 1.81. The Labute approximate surface area is 136 Å². The largest absolute Gasteiger partial charge is 0.481 e. The minimum absolute atomic E-state index is 0.0130. The van der Waals surface area contributed by atoms with Crippen LogP contribution in [0.1, 0.15) is 16.6 Å². The van der Waals surface area contributed by atoms with Crippen LogP contribution >= 0.6 is 22.7 Å². The number of nitrogens with zero attached hydrogens (tertiary/aromatic N) is 3. The molecular weight excluding hydrogens is 322 g/mol. The number of aromatic nitrogens is 1. The number of carbonyl (C=O) groups excluding carboxylic acids is 1. The van der Waals surface area contributed by atoms with E-state index in [1.807, 2.05) is 32.0 Å². The standard InChI is InChI=1S/C14H17N3O3S2/c1-7-5-17(6-8(7)13(19)20)12(18)10-4-9-11(21-10)15-14(22-9)16(2)3/h4,7-8H,5-6H2,1-3H3,(H,19,20)/t7-,8-/m1/s1. The molecule has 1 aliphatic heterocycles. The second-order valence-electron chi connectivity index (χ2n) is 5.80. The summed E-state index contributed by atoms with van der Waals surface area (Å²) in [6.45, 7) is 2.67.